The summed E-state index contributed by atoms with van der Waals surface area (Å²) in [4.78, 5) is 11.3. The lowest BCUT2D eigenvalue weighted by molar-refractivity contribution is -0.143. The van der Waals surface area contributed by atoms with Gasteiger partial charge in [0.15, 0.2) is 0 Å². The molecule has 0 fully saturated rings. The average molecular weight is 285 g/mol. The molecule has 3 nitrogen and oxygen atoms in total. The smallest absolute Gasteiger partial charge is 0.305 e. The molecule has 4 heteroatoms. The highest BCUT2D eigenvalue weighted by Crippen LogP contribution is 2.34. The largest absolute Gasteiger partial charge is 0.494 e. The number of esters is 1. The van der Waals surface area contributed by atoms with Gasteiger partial charge >= 0.3 is 5.97 Å². The van der Waals surface area contributed by atoms with Crippen molar-refractivity contribution in [3.05, 3.63) is 29.3 Å². The maximum Gasteiger partial charge on any atom is 0.305 e. The van der Waals surface area contributed by atoms with Crippen LogP contribution in [0.3, 0.4) is 0 Å². The van der Waals surface area contributed by atoms with Gasteiger partial charge in [-0.05, 0) is 33.3 Å². The first kappa shape index (κ1) is 15.8. The van der Waals surface area contributed by atoms with Crippen LogP contribution in [0.4, 0.5) is 0 Å². The number of benzene rings is 1. The molecule has 0 N–H and O–H groups in total. The van der Waals surface area contributed by atoms with Gasteiger partial charge in [-0.25, -0.2) is 0 Å². The third kappa shape index (κ3) is 5.11. The number of ether oxygens (including phenoxy) is 2. The van der Waals surface area contributed by atoms with Crippen LogP contribution in [-0.4, -0.2) is 19.2 Å². The fourth-order valence-electron chi connectivity index (χ4n) is 1.83. The SMILES string of the molecule is CCOC(=O)CCC(Cl)c1cc(C)ccc1OCC. The second-order valence-corrected chi connectivity index (χ2v) is 4.81. The highest BCUT2D eigenvalue weighted by molar-refractivity contribution is 6.21. The molecule has 0 heterocycles. The van der Waals surface area contributed by atoms with Crippen LogP contribution >= 0.6 is 11.6 Å². The molecule has 1 unspecified atom stereocenters. The van der Waals surface area contributed by atoms with E-state index in [4.69, 9.17) is 21.1 Å². The summed E-state index contributed by atoms with van der Waals surface area (Å²) in [5, 5.41) is -0.245. The normalized spacial score (nSPS) is 12.0. The van der Waals surface area contributed by atoms with Crippen LogP contribution in [0.2, 0.25) is 0 Å². The summed E-state index contributed by atoms with van der Waals surface area (Å²) >= 11 is 6.38. The molecule has 0 aliphatic rings. The summed E-state index contributed by atoms with van der Waals surface area (Å²) in [5.41, 5.74) is 2.06. The Bertz CT molecular complexity index is 418. The maximum atomic E-state index is 11.3. The van der Waals surface area contributed by atoms with E-state index in [1.165, 1.54) is 0 Å². The number of carbonyl (C=O) groups is 1. The molecule has 19 heavy (non-hydrogen) atoms. The predicted octanol–water partition coefficient (Wildman–Crippen LogP) is 4.02. The highest BCUT2D eigenvalue weighted by Gasteiger charge is 2.16. The minimum absolute atomic E-state index is 0.209. The summed E-state index contributed by atoms with van der Waals surface area (Å²) in [6, 6.07) is 5.92. The van der Waals surface area contributed by atoms with Crippen LogP contribution in [0.1, 0.15) is 43.2 Å². The molecule has 0 aromatic heterocycles. The summed E-state index contributed by atoms with van der Waals surface area (Å²) in [7, 11) is 0. The van der Waals surface area contributed by atoms with Crippen molar-refractivity contribution in [1.82, 2.24) is 0 Å². The van der Waals surface area contributed by atoms with Crippen molar-refractivity contribution < 1.29 is 14.3 Å². The number of hydrogen-bond donors (Lipinski definition) is 0. The van der Waals surface area contributed by atoms with E-state index in [0.717, 1.165) is 16.9 Å². The van der Waals surface area contributed by atoms with Crippen molar-refractivity contribution in [3.63, 3.8) is 0 Å². The second kappa shape index (κ2) is 8.05. The fraction of sp³-hybridized carbons (Fsp3) is 0.533. The molecule has 0 amide bonds. The number of carbonyl (C=O) groups excluding carboxylic acids is 1. The molecule has 1 atom stereocenters. The fourth-order valence-corrected chi connectivity index (χ4v) is 2.11. The summed E-state index contributed by atoms with van der Waals surface area (Å²) in [6.45, 7) is 6.74. The number of rotatable bonds is 7. The third-order valence-electron chi connectivity index (χ3n) is 2.71. The molecule has 0 saturated heterocycles. The number of hydrogen-bond acceptors (Lipinski definition) is 3. The van der Waals surface area contributed by atoms with Crippen molar-refractivity contribution in [2.24, 2.45) is 0 Å². The molecular formula is C15H21ClO3. The minimum Gasteiger partial charge on any atom is -0.494 e. The monoisotopic (exact) mass is 284 g/mol. The predicted molar refractivity (Wildman–Crippen MR) is 76.8 cm³/mol. The van der Waals surface area contributed by atoms with E-state index in [1.54, 1.807) is 6.92 Å². The van der Waals surface area contributed by atoms with E-state index < -0.39 is 0 Å². The molecule has 0 spiro atoms. The van der Waals surface area contributed by atoms with E-state index >= 15 is 0 Å². The second-order valence-electron chi connectivity index (χ2n) is 4.29. The Balaban J connectivity index is 2.71. The first-order valence-corrected chi connectivity index (χ1v) is 7.05. The van der Waals surface area contributed by atoms with Crippen LogP contribution < -0.4 is 4.74 Å². The molecular weight excluding hydrogens is 264 g/mol. The molecule has 106 valence electrons. The standard InChI is InChI=1S/C15H21ClO3/c1-4-18-14-8-6-11(3)10-12(14)13(16)7-9-15(17)19-5-2/h6,8,10,13H,4-5,7,9H2,1-3H3. The van der Waals surface area contributed by atoms with Crippen LogP contribution in [0.25, 0.3) is 0 Å². The van der Waals surface area contributed by atoms with Crippen molar-refractivity contribution in [3.8, 4) is 5.75 Å². The number of aryl methyl sites for hydroxylation is 1. The van der Waals surface area contributed by atoms with Crippen molar-refractivity contribution in [2.45, 2.75) is 39.0 Å². The van der Waals surface area contributed by atoms with Crippen molar-refractivity contribution in [2.75, 3.05) is 13.2 Å². The van der Waals surface area contributed by atoms with Gasteiger partial charge < -0.3 is 9.47 Å². The third-order valence-corrected chi connectivity index (χ3v) is 3.16. The first-order valence-electron chi connectivity index (χ1n) is 6.61. The van der Waals surface area contributed by atoms with Gasteiger partial charge in [0.2, 0.25) is 0 Å². The maximum absolute atomic E-state index is 11.3. The molecule has 1 aromatic rings. The van der Waals surface area contributed by atoms with Crippen molar-refractivity contribution in [1.29, 1.82) is 0 Å². The van der Waals surface area contributed by atoms with Crippen LogP contribution in [-0.2, 0) is 9.53 Å². The lowest BCUT2D eigenvalue weighted by Crippen LogP contribution is -2.06. The molecule has 1 aromatic carbocycles. The number of halogens is 1. The van der Waals surface area contributed by atoms with Crippen molar-refractivity contribution >= 4 is 17.6 Å². The molecule has 0 aliphatic carbocycles. The van der Waals surface area contributed by atoms with E-state index in [2.05, 4.69) is 0 Å². The molecule has 0 bridgehead atoms. The quantitative estimate of drug-likeness (QED) is 0.560. The zero-order chi connectivity index (χ0) is 14.3. The van der Waals surface area contributed by atoms with E-state index in [9.17, 15) is 4.79 Å². The van der Waals surface area contributed by atoms with Gasteiger partial charge in [0.25, 0.3) is 0 Å². The summed E-state index contributed by atoms with van der Waals surface area (Å²) in [6.07, 6.45) is 0.866. The first-order chi connectivity index (χ1) is 9.08. The Hall–Kier alpha value is -1.22. The Labute approximate surface area is 119 Å². The molecule has 0 aliphatic heterocycles. The zero-order valence-corrected chi connectivity index (χ0v) is 12.5. The Kier molecular flexibility index (Phi) is 6.71. The van der Waals surface area contributed by atoms with Gasteiger partial charge in [-0.1, -0.05) is 17.7 Å². The van der Waals surface area contributed by atoms with Gasteiger partial charge in [0.05, 0.1) is 18.6 Å². The zero-order valence-electron chi connectivity index (χ0n) is 11.7. The van der Waals surface area contributed by atoms with Gasteiger partial charge in [-0.3, -0.25) is 4.79 Å². The van der Waals surface area contributed by atoms with Gasteiger partial charge in [0.1, 0.15) is 5.75 Å². The molecule has 0 radical (unpaired) electrons. The van der Waals surface area contributed by atoms with Gasteiger partial charge in [0, 0.05) is 12.0 Å². The van der Waals surface area contributed by atoms with E-state index in [1.807, 2.05) is 32.0 Å². The molecule has 0 saturated carbocycles. The average Bonchev–Trinajstić information content (AvgIpc) is 2.38. The van der Waals surface area contributed by atoms with Crippen LogP contribution in [0.15, 0.2) is 18.2 Å². The Morgan fingerprint density at radius 3 is 2.68 bits per heavy atom. The van der Waals surface area contributed by atoms with Gasteiger partial charge in [-0.2, -0.15) is 0 Å². The lowest BCUT2D eigenvalue weighted by atomic mass is 10.0. The Morgan fingerprint density at radius 2 is 2.05 bits per heavy atom. The van der Waals surface area contributed by atoms with Gasteiger partial charge in [-0.15, -0.1) is 11.6 Å². The topological polar surface area (TPSA) is 35.5 Å². The highest BCUT2D eigenvalue weighted by atomic mass is 35.5. The summed E-state index contributed by atoms with van der Waals surface area (Å²) in [5.74, 6) is 0.579. The van der Waals surface area contributed by atoms with E-state index in [0.29, 0.717) is 26.1 Å². The van der Waals surface area contributed by atoms with Crippen LogP contribution in [0, 0.1) is 6.92 Å². The minimum atomic E-state index is -0.245. The summed E-state index contributed by atoms with van der Waals surface area (Å²) < 4.78 is 10.5. The number of alkyl halides is 1. The lowest BCUT2D eigenvalue weighted by Gasteiger charge is -2.15. The van der Waals surface area contributed by atoms with Crippen LogP contribution in [0.5, 0.6) is 5.75 Å². The molecule has 1 rings (SSSR count). The Morgan fingerprint density at radius 1 is 1.32 bits per heavy atom. The van der Waals surface area contributed by atoms with E-state index in [-0.39, 0.29) is 11.3 Å².